The van der Waals surface area contributed by atoms with E-state index in [9.17, 15) is 18.3 Å². The van der Waals surface area contributed by atoms with Crippen molar-refractivity contribution < 1.29 is 18.3 Å². The highest BCUT2D eigenvalue weighted by Gasteiger charge is 2.29. The molecule has 0 radical (unpaired) electrons. The fraction of sp³-hybridized carbons (Fsp3) is 0.273. The van der Waals surface area contributed by atoms with Crippen molar-refractivity contribution >= 4 is 32.3 Å². The van der Waals surface area contributed by atoms with Gasteiger partial charge in [-0.1, -0.05) is 0 Å². The molecule has 3 rings (SSSR count). The van der Waals surface area contributed by atoms with Crippen LogP contribution in [0.3, 0.4) is 0 Å². The summed E-state index contributed by atoms with van der Waals surface area (Å²) in [6, 6.07) is 0. The van der Waals surface area contributed by atoms with Gasteiger partial charge in [-0.2, -0.15) is 8.42 Å². The second-order valence-corrected chi connectivity index (χ2v) is 7.14. The molecular formula is C11H11N3O4S2. The maximum Gasteiger partial charge on any atom is 0.339 e. The number of carboxylic acids is 1. The van der Waals surface area contributed by atoms with Gasteiger partial charge < -0.3 is 10.1 Å². The third kappa shape index (κ3) is 2.08. The minimum Gasteiger partial charge on any atom is -0.478 e. The van der Waals surface area contributed by atoms with E-state index in [0.717, 1.165) is 23.3 Å². The Bertz CT molecular complexity index is 762. The number of sulfonamides is 1. The van der Waals surface area contributed by atoms with Crippen LogP contribution in [0, 0.1) is 0 Å². The lowest BCUT2D eigenvalue weighted by atomic mass is 10.1. The van der Waals surface area contributed by atoms with Crippen LogP contribution >= 0.6 is 11.3 Å². The number of hydrogen-bond donors (Lipinski definition) is 3. The topological polar surface area (TPSA) is 112 Å². The highest BCUT2D eigenvalue weighted by atomic mass is 32.2. The van der Waals surface area contributed by atoms with Gasteiger partial charge in [0.05, 0.1) is 18.1 Å². The van der Waals surface area contributed by atoms with Crippen LogP contribution in [-0.2, 0) is 22.9 Å². The quantitative estimate of drug-likeness (QED) is 0.791. The number of anilines is 1. The number of imidazole rings is 1. The summed E-state index contributed by atoms with van der Waals surface area (Å²) in [4.78, 5) is 18.5. The van der Waals surface area contributed by atoms with Crippen LogP contribution in [0.5, 0.6) is 0 Å². The Morgan fingerprint density at radius 1 is 1.45 bits per heavy atom. The van der Waals surface area contributed by atoms with Gasteiger partial charge in [0, 0.05) is 4.88 Å². The van der Waals surface area contributed by atoms with Gasteiger partial charge in [-0.25, -0.2) is 9.78 Å². The summed E-state index contributed by atoms with van der Waals surface area (Å²) in [5.74, 6) is -1.10. The smallest absolute Gasteiger partial charge is 0.339 e. The summed E-state index contributed by atoms with van der Waals surface area (Å²) in [6.45, 7) is 0. The van der Waals surface area contributed by atoms with Crippen molar-refractivity contribution in [3.05, 3.63) is 28.5 Å². The zero-order chi connectivity index (χ0) is 14.3. The van der Waals surface area contributed by atoms with Crippen LogP contribution in [0.15, 0.2) is 17.6 Å². The third-order valence-electron chi connectivity index (χ3n) is 3.12. The lowest BCUT2D eigenvalue weighted by molar-refractivity contribution is 0.0697. The molecule has 1 aliphatic carbocycles. The van der Waals surface area contributed by atoms with E-state index in [1.54, 1.807) is 0 Å². The van der Waals surface area contributed by atoms with E-state index in [4.69, 9.17) is 0 Å². The molecule has 20 heavy (non-hydrogen) atoms. The number of thiophene rings is 1. The summed E-state index contributed by atoms with van der Waals surface area (Å²) in [5, 5.41) is 9.37. The molecule has 7 nitrogen and oxygen atoms in total. The SMILES string of the molecule is O=C(O)c1c(NS(=O)(=O)c2cnc[nH]2)sc2c1CCC2. The van der Waals surface area contributed by atoms with Gasteiger partial charge >= 0.3 is 5.97 Å². The van der Waals surface area contributed by atoms with Gasteiger partial charge in [0.1, 0.15) is 5.00 Å². The lowest BCUT2D eigenvalue weighted by Gasteiger charge is -2.06. The normalized spacial score (nSPS) is 14.2. The third-order valence-corrected chi connectivity index (χ3v) is 5.74. The van der Waals surface area contributed by atoms with Crippen molar-refractivity contribution in [3.8, 4) is 0 Å². The number of nitrogens with one attached hydrogen (secondary N) is 2. The molecule has 2 aromatic heterocycles. The van der Waals surface area contributed by atoms with Crippen LogP contribution in [0.1, 0.15) is 27.2 Å². The fourth-order valence-corrected chi connectivity index (χ4v) is 4.76. The number of carbonyl (C=O) groups is 1. The first-order chi connectivity index (χ1) is 9.49. The van der Waals surface area contributed by atoms with Crippen LogP contribution in [-0.4, -0.2) is 29.5 Å². The molecule has 0 amide bonds. The van der Waals surface area contributed by atoms with Crippen LogP contribution in [0.4, 0.5) is 5.00 Å². The molecule has 0 unspecified atom stereocenters. The predicted octanol–water partition coefficient (Wildman–Crippen LogP) is 1.46. The number of nitrogens with zero attached hydrogens (tertiary/aromatic N) is 1. The van der Waals surface area contributed by atoms with Crippen LogP contribution < -0.4 is 4.72 Å². The Balaban J connectivity index is 2.02. The number of aromatic nitrogens is 2. The van der Waals surface area contributed by atoms with Gasteiger partial charge in [-0.3, -0.25) is 4.72 Å². The number of aromatic amines is 1. The van der Waals surface area contributed by atoms with Crippen molar-refractivity contribution in [2.24, 2.45) is 0 Å². The molecule has 1 aliphatic rings. The van der Waals surface area contributed by atoms with E-state index in [1.165, 1.54) is 23.9 Å². The molecule has 2 heterocycles. The number of carboxylic acid groups (broad SMARTS) is 1. The second-order valence-electron chi connectivity index (χ2n) is 4.39. The molecular weight excluding hydrogens is 302 g/mol. The molecule has 9 heteroatoms. The number of aryl methyl sites for hydroxylation is 1. The molecule has 2 aromatic rings. The number of aromatic carboxylic acids is 1. The van der Waals surface area contributed by atoms with E-state index < -0.39 is 16.0 Å². The van der Waals surface area contributed by atoms with Gasteiger partial charge in [0.25, 0.3) is 10.0 Å². The van der Waals surface area contributed by atoms with Gasteiger partial charge in [0.2, 0.25) is 0 Å². The summed E-state index contributed by atoms with van der Waals surface area (Å²) in [5.41, 5.74) is 0.829. The molecule has 0 atom stereocenters. The Morgan fingerprint density at radius 3 is 2.90 bits per heavy atom. The zero-order valence-electron chi connectivity index (χ0n) is 10.2. The molecule has 3 N–H and O–H groups in total. The average Bonchev–Trinajstić information content (AvgIpc) is 3.02. The lowest BCUT2D eigenvalue weighted by Crippen LogP contribution is -2.15. The fourth-order valence-electron chi connectivity index (χ4n) is 2.27. The molecule has 0 aromatic carbocycles. The molecule has 0 saturated heterocycles. The number of hydrogen-bond acceptors (Lipinski definition) is 5. The van der Waals surface area contributed by atoms with E-state index >= 15 is 0 Å². The number of fused-ring (bicyclic) bond motifs is 1. The highest BCUT2D eigenvalue weighted by molar-refractivity contribution is 7.92. The van der Waals surface area contributed by atoms with Crippen LogP contribution in [0.25, 0.3) is 0 Å². The first-order valence-corrected chi connectivity index (χ1v) is 8.18. The van der Waals surface area contributed by atoms with Crippen molar-refractivity contribution in [1.82, 2.24) is 9.97 Å². The molecule has 0 aliphatic heterocycles. The second kappa shape index (κ2) is 4.60. The van der Waals surface area contributed by atoms with E-state index in [1.807, 2.05) is 0 Å². The van der Waals surface area contributed by atoms with Crippen molar-refractivity contribution in [1.29, 1.82) is 0 Å². The summed E-state index contributed by atoms with van der Waals surface area (Å²) < 4.78 is 26.5. The van der Waals surface area contributed by atoms with Crippen molar-refractivity contribution in [2.75, 3.05) is 4.72 Å². The van der Waals surface area contributed by atoms with E-state index in [0.29, 0.717) is 6.42 Å². The maximum atomic E-state index is 12.1. The molecule has 0 bridgehead atoms. The van der Waals surface area contributed by atoms with Gasteiger partial charge in [-0.05, 0) is 24.8 Å². The van der Waals surface area contributed by atoms with E-state index in [-0.39, 0.29) is 15.6 Å². The van der Waals surface area contributed by atoms with Crippen LogP contribution in [0.2, 0.25) is 0 Å². The van der Waals surface area contributed by atoms with Crippen molar-refractivity contribution in [2.45, 2.75) is 24.3 Å². The molecule has 106 valence electrons. The maximum absolute atomic E-state index is 12.1. The average molecular weight is 313 g/mol. The molecule has 0 saturated carbocycles. The van der Waals surface area contributed by atoms with Gasteiger partial charge in [-0.15, -0.1) is 11.3 Å². The predicted molar refractivity (Wildman–Crippen MR) is 72.7 cm³/mol. The number of H-pyrrole nitrogens is 1. The Morgan fingerprint density at radius 2 is 2.25 bits per heavy atom. The standard InChI is InChI=1S/C11H11N3O4S2/c15-11(16)9-6-2-1-3-7(6)19-10(9)14-20(17,18)8-4-12-5-13-8/h4-5,14H,1-3H2,(H,12,13)(H,15,16). The Hall–Kier alpha value is -1.87. The summed E-state index contributed by atoms with van der Waals surface area (Å²) in [7, 11) is -3.83. The number of rotatable bonds is 4. The van der Waals surface area contributed by atoms with Crippen molar-refractivity contribution in [3.63, 3.8) is 0 Å². The Kier molecular flexibility index (Phi) is 3.02. The highest BCUT2D eigenvalue weighted by Crippen LogP contribution is 2.39. The zero-order valence-corrected chi connectivity index (χ0v) is 11.8. The molecule has 0 fully saturated rings. The first kappa shape index (κ1) is 13.1. The summed E-state index contributed by atoms with van der Waals surface area (Å²) >= 11 is 1.20. The van der Waals surface area contributed by atoms with E-state index in [2.05, 4.69) is 14.7 Å². The first-order valence-electron chi connectivity index (χ1n) is 5.88. The largest absolute Gasteiger partial charge is 0.478 e. The monoisotopic (exact) mass is 313 g/mol. The van der Waals surface area contributed by atoms with Gasteiger partial charge in [0.15, 0.2) is 5.03 Å². The minimum atomic E-state index is -3.83. The minimum absolute atomic E-state index is 0.0746. The molecule has 0 spiro atoms. The Labute approximate surface area is 118 Å². The summed E-state index contributed by atoms with van der Waals surface area (Å²) in [6.07, 6.45) is 4.81.